The molecular formula is C12H23NO2S. The molecule has 4 heteroatoms. The van der Waals surface area contributed by atoms with Crippen LogP contribution in [0.5, 0.6) is 0 Å². The lowest BCUT2D eigenvalue weighted by Crippen LogP contribution is -2.46. The number of hydrogen-bond acceptors (Lipinski definition) is 2. The van der Waals surface area contributed by atoms with Gasteiger partial charge in [0.05, 0.1) is 5.75 Å². The van der Waals surface area contributed by atoms with Crippen LogP contribution in [0.25, 0.3) is 0 Å². The molecule has 2 rings (SSSR count). The lowest BCUT2D eigenvalue weighted by molar-refractivity contribution is 0.144. The second-order valence-corrected chi connectivity index (χ2v) is 7.90. The minimum absolute atomic E-state index is 0.228. The van der Waals surface area contributed by atoms with Crippen LogP contribution in [0, 0.1) is 17.8 Å². The monoisotopic (exact) mass is 245 g/mol. The van der Waals surface area contributed by atoms with Crippen molar-refractivity contribution in [2.24, 2.45) is 17.8 Å². The van der Waals surface area contributed by atoms with Crippen LogP contribution in [0.3, 0.4) is 0 Å². The molecule has 2 fully saturated rings. The van der Waals surface area contributed by atoms with Crippen LogP contribution >= 0.6 is 0 Å². The van der Waals surface area contributed by atoms with E-state index in [2.05, 4.69) is 0 Å². The van der Waals surface area contributed by atoms with Gasteiger partial charge < -0.3 is 0 Å². The molecule has 94 valence electrons. The smallest absolute Gasteiger partial charge is 0.212 e. The van der Waals surface area contributed by atoms with Crippen molar-refractivity contribution in [3.63, 3.8) is 0 Å². The predicted molar refractivity (Wildman–Crippen MR) is 65.6 cm³/mol. The third-order valence-corrected chi connectivity index (χ3v) is 5.93. The Morgan fingerprint density at radius 1 is 1.19 bits per heavy atom. The van der Waals surface area contributed by atoms with Crippen molar-refractivity contribution in [2.45, 2.75) is 39.5 Å². The average Bonchev–Trinajstić information content (AvgIpc) is 2.14. The second-order valence-electron chi connectivity index (χ2n) is 5.89. The zero-order valence-electron chi connectivity index (χ0n) is 10.4. The molecule has 16 heavy (non-hydrogen) atoms. The van der Waals surface area contributed by atoms with Crippen molar-refractivity contribution in [3.8, 4) is 0 Å². The lowest BCUT2D eigenvalue weighted by Gasteiger charge is -2.40. The molecule has 0 radical (unpaired) electrons. The fourth-order valence-electron chi connectivity index (χ4n) is 3.14. The maximum atomic E-state index is 12.2. The molecule has 2 bridgehead atoms. The Hall–Kier alpha value is -0.0900. The van der Waals surface area contributed by atoms with Gasteiger partial charge in [-0.15, -0.1) is 0 Å². The summed E-state index contributed by atoms with van der Waals surface area (Å²) >= 11 is 0. The Morgan fingerprint density at radius 2 is 1.75 bits per heavy atom. The van der Waals surface area contributed by atoms with Crippen LogP contribution < -0.4 is 0 Å². The van der Waals surface area contributed by atoms with Gasteiger partial charge in [0.25, 0.3) is 0 Å². The second kappa shape index (κ2) is 4.65. The fourth-order valence-corrected chi connectivity index (χ4v) is 5.07. The first kappa shape index (κ1) is 12.4. The molecule has 3 nitrogen and oxygen atoms in total. The third kappa shape index (κ3) is 2.77. The van der Waals surface area contributed by atoms with Gasteiger partial charge in [-0.05, 0) is 37.0 Å². The van der Waals surface area contributed by atoms with E-state index in [1.165, 1.54) is 25.7 Å². The van der Waals surface area contributed by atoms with Gasteiger partial charge in [-0.3, -0.25) is 0 Å². The number of hydrogen-bond donors (Lipinski definition) is 0. The predicted octanol–water partition coefficient (Wildman–Crippen LogP) is 2.09. The SMILES string of the molecule is CC(C)CS(=O)(=O)N1CC2CCCC(C2)C1. The van der Waals surface area contributed by atoms with E-state index in [9.17, 15) is 8.42 Å². The largest absolute Gasteiger partial charge is 0.214 e. The molecular weight excluding hydrogens is 222 g/mol. The molecule has 2 atom stereocenters. The van der Waals surface area contributed by atoms with E-state index < -0.39 is 10.0 Å². The average molecular weight is 245 g/mol. The first-order chi connectivity index (χ1) is 7.47. The Balaban J connectivity index is 2.04. The van der Waals surface area contributed by atoms with Gasteiger partial charge in [0, 0.05) is 13.1 Å². The van der Waals surface area contributed by atoms with E-state index in [0.29, 0.717) is 17.6 Å². The van der Waals surface area contributed by atoms with Crippen LogP contribution in [-0.4, -0.2) is 31.6 Å². The Labute approximate surface area is 99.3 Å². The quantitative estimate of drug-likeness (QED) is 0.763. The standard InChI is InChI=1S/C12H23NO2S/c1-10(2)9-16(14,15)13-7-11-4-3-5-12(6-11)8-13/h10-12H,3-9H2,1-2H3. The number of rotatable bonds is 3. The molecule has 1 saturated heterocycles. The molecule has 2 unspecified atom stereocenters. The van der Waals surface area contributed by atoms with Gasteiger partial charge in [-0.25, -0.2) is 12.7 Å². The Kier molecular flexibility index (Phi) is 3.59. The maximum absolute atomic E-state index is 12.2. The molecule has 0 aromatic carbocycles. The van der Waals surface area contributed by atoms with Gasteiger partial charge in [-0.2, -0.15) is 0 Å². The summed E-state index contributed by atoms with van der Waals surface area (Å²) in [5, 5.41) is 0. The van der Waals surface area contributed by atoms with Crippen molar-refractivity contribution >= 4 is 10.0 Å². The van der Waals surface area contributed by atoms with Gasteiger partial charge in [-0.1, -0.05) is 20.3 Å². The van der Waals surface area contributed by atoms with Gasteiger partial charge in [0.1, 0.15) is 0 Å². The Bertz CT molecular complexity index is 325. The zero-order chi connectivity index (χ0) is 11.8. The lowest BCUT2D eigenvalue weighted by atomic mass is 9.79. The Morgan fingerprint density at radius 3 is 2.25 bits per heavy atom. The van der Waals surface area contributed by atoms with Crippen molar-refractivity contribution < 1.29 is 8.42 Å². The molecule has 0 aromatic rings. The van der Waals surface area contributed by atoms with E-state index >= 15 is 0 Å². The summed E-state index contributed by atoms with van der Waals surface area (Å²) in [4.78, 5) is 0. The molecule has 0 spiro atoms. The highest BCUT2D eigenvalue weighted by Gasteiger charge is 2.35. The van der Waals surface area contributed by atoms with Crippen LogP contribution in [0.2, 0.25) is 0 Å². The van der Waals surface area contributed by atoms with Crippen molar-refractivity contribution in [2.75, 3.05) is 18.8 Å². The summed E-state index contributed by atoms with van der Waals surface area (Å²) in [7, 11) is -2.99. The van der Waals surface area contributed by atoms with Crippen molar-refractivity contribution in [1.29, 1.82) is 0 Å². The first-order valence-electron chi connectivity index (χ1n) is 6.45. The normalized spacial score (nSPS) is 31.9. The molecule has 1 aliphatic heterocycles. The summed E-state index contributed by atoms with van der Waals surface area (Å²) in [6.07, 6.45) is 5.01. The molecule has 0 N–H and O–H groups in total. The van der Waals surface area contributed by atoms with Crippen LogP contribution in [0.1, 0.15) is 39.5 Å². The summed E-state index contributed by atoms with van der Waals surface area (Å²) in [5.74, 6) is 1.81. The van der Waals surface area contributed by atoms with Gasteiger partial charge in [0.2, 0.25) is 10.0 Å². The van der Waals surface area contributed by atoms with E-state index in [0.717, 1.165) is 13.1 Å². The maximum Gasteiger partial charge on any atom is 0.214 e. The molecule has 1 saturated carbocycles. The van der Waals surface area contributed by atoms with Crippen LogP contribution in [-0.2, 0) is 10.0 Å². The van der Waals surface area contributed by atoms with Gasteiger partial charge in [0.15, 0.2) is 0 Å². The number of fused-ring (bicyclic) bond motifs is 2. The molecule has 2 aliphatic rings. The minimum Gasteiger partial charge on any atom is -0.212 e. The summed E-state index contributed by atoms with van der Waals surface area (Å²) in [5.41, 5.74) is 0. The van der Waals surface area contributed by atoms with E-state index in [1.54, 1.807) is 4.31 Å². The highest BCUT2D eigenvalue weighted by atomic mass is 32.2. The summed E-state index contributed by atoms with van der Waals surface area (Å²) in [6.45, 7) is 5.52. The topological polar surface area (TPSA) is 37.4 Å². The minimum atomic E-state index is -2.99. The summed E-state index contributed by atoms with van der Waals surface area (Å²) < 4.78 is 26.1. The zero-order valence-corrected chi connectivity index (χ0v) is 11.2. The highest BCUT2D eigenvalue weighted by molar-refractivity contribution is 7.89. The highest BCUT2D eigenvalue weighted by Crippen LogP contribution is 2.35. The van der Waals surface area contributed by atoms with Crippen LogP contribution in [0.15, 0.2) is 0 Å². The number of piperidine rings is 1. The molecule has 0 aromatic heterocycles. The molecule has 0 amide bonds. The van der Waals surface area contributed by atoms with Crippen molar-refractivity contribution in [3.05, 3.63) is 0 Å². The fraction of sp³-hybridized carbons (Fsp3) is 1.00. The number of sulfonamides is 1. The number of nitrogens with zero attached hydrogens (tertiary/aromatic N) is 1. The van der Waals surface area contributed by atoms with E-state index in [-0.39, 0.29) is 5.92 Å². The molecule has 1 aliphatic carbocycles. The summed E-state index contributed by atoms with van der Waals surface area (Å²) in [6, 6.07) is 0. The molecule has 1 heterocycles. The van der Waals surface area contributed by atoms with E-state index in [4.69, 9.17) is 0 Å². The first-order valence-corrected chi connectivity index (χ1v) is 8.06. The van der Waals surface area contributed by atoms with E-state index in [1.807, 2.05) is 13.8 Å². The van der Waals surface area contributed by atoms with Crippen LogP contribution in [0.4, 0.5) is 0 Å². The third-order valence-electron chi connectivity index (χ3n) is 3.75. The van der Waals surface area contributed by atoms with Gasteiger partial charge >= 0.3 is 0 Å². The van der Waals surface area contributed by atoms with Crippen molar-refractivity contribution in [1.82, 2.24) is 4.31 Å².